The van der Waals surface area contributed by atoms with Crippen molar-refractivity contribution in [2.45, 2.75) is 26.2 Å². The zero-order valence-corrected chi connectivity index (χ0v) is 10.2. The van der Waals surface area contributed by atoms with Crippen LogP contribution in [0.3, 0.4) is 0 Å². The second-order valence-electron chi connectivity index (χ2n) is 4.41. The summed E-state index contributed by atoms with van der Waals surface area (Å²) in [4.78, 5) is 17.9. The van der Waals surface area contributed by atoms with Crippen molar-refractivity contribution in [3.63, 3.8) is 0 Å². The van der Waals surface area contributed by atoms with Gasteiger partial charge in [-0.2, -0.15) is 0 Å². The number of hydrogen-bond donors (Lipinski definition) is 2. The third kappa shape index (κ3) is 2.22. The van der Waals surface area contributed by atoms with Gasteiger partial charge in [0.1, 0.15) is 10.3 Å². The summed E-state index contributed by atoms with van der Waals surface area (Å²) in [5, 5.41) is 3.22. The molecule has 1 aliphatic carbocycles. The Hall–Kier alpha value is -0.840. The molecule has 2 rings (SSSR count). The van der Waals surface area contributed by atoms with E-state index < -0.39 is 0 Å². The van der Waals surface area contributed by atoms with E-state index in [2.05, 4.69) is 38.1 Å². The molecule has 0 atom stereocenters. The predicted molar refractivity (Wildman–Crippen MR) is 63.0 cm³/mol. The van der Waals surface area contributed by atoms with E-state index in [0.29, 0.717) is 15.7 Å². The Kier molecular flexibility index (Phi) is 2.82. The molecule has 0 aromatic carbocycles. The fraction of sp³-hybridized carbons (Fsp3) is 0.600. The second-order valence-corrected chi connectivity index (χ2v) is 5.21. The Morgan fingerprint density at radius 3 is 3.00 bits per heavy atom. The third-order valence-electron chi connectivity index (χ3n) is 3.04. The minimum Gasteiger partial charge on any atom is -0.368 e. The molecule has 2 N–H and O–H groups in total. The average Bonchev–Trinajstić information content (AvgIpc) is 2.17. The number of aromatic nitrogens is 2. The highest BCUT2D eigenvalue weighted by molar-refractivity contribution is 9.10. The van der Waals surface area contributed by atoms with Crippen molar-refractivity contribution in [1.82, 2.24) is 9.97 Å². The lowest BCUT2D eigenvalue weighted by molar-refractivity contribution is 0.180. The fourth-order valence-corrected chi connectivity index (χ4v) is 2.12. The summed E-state index contributed by atoms with van der Waals surface area (Å²) in [6, 6.07) is 0. The lowest BCUT2D eigenvalue weighted by Crippen LogP contribution is -2.33. The van der Waals surface area contributed by atoms with Crippen molar-refractivity contribution in [3.8, 4) is 0 Å². The molecule has 1 aliphatic rings. The van der Waals surface area contributed by atoms with E-state index in [4.69, 9.17) is 0 Å². The molecule has 15 heavy (non-hydrogen) atoms. The molecule has 5 heteroatoms. The summed E-state index contributed by atoms with van der Waals surface area (Å²) in [6.45, 7) is 3.13. The molecule has 0 aliphatic heterocycles. The molecule has 0 spiro atoms. The second kappa shape index (κ2) is 3.96. The standard InChI is InChI=1S/C10H14BrN3O/c1-10(3-2-4-10)5-12-8-7(11)9(15)14-6-13-8/h6H,2-5H2,1H3,(H2,12,13,14,15). The lowest BCUT2D eigenvalue weighted by Gasteiger charge is -2.38. The first kappa shape index (κ1) is 10.7. The molecule has 1 aromatic heterocycles. The van der Waals surface area contributed by atoms with Crippen molar-refractivity contribution in [2.24, 2.45) is 5.41 Å². The normalized spacial score (nSPS) is 18.3. The van der Waals surface area contributed by atoms with Crippen LogP contribution >= 0.6 is 15.9 Å². The Morgan fingerprint density at radius 2 is 2.40 bits per heavy atom. The molecule has 4 nitrogen and oxygen atoms in total. The Bertz CT molecular complexity index is 411. The van der Waals surface area contributed by atoms with Gasteiger partial charge < -0.3 is 10.3 Å². The maximum atomic E-state index is 11.3. The van der Waals surface area contributed by atoms with Crippen molar-refractivity contribution in [1.29, 1.82) is 0 Å². The molecule has 0 unspecified atom stereocenters. The van der Waals surface area contributed by atoms with Crippen LogP contribution in [0.15, 0.2) is 15.6 Å². The number of nitrogens with one attached hydrogen (secondary N) is 2. The van der Waals surface area contributed by atoms with Crippen molar-refractivity contribution < 1.29 is 0 Å². The predicted octanol–water partition coefficient (Wildman–Crippen LogP) is 2.13. The summed E-state index contributed by atoms with van der Waals surface area (Å²) in [6.07, 6.45) is 5.22. The number of rotatable bonds is 3. The van der Waals surface area contributed by atoms with Gasteiger partial charge in [0.25, 0.3) is 5.56 Å². The highest BCUT2D eigenvalue weighted by Gasteiger charge is 2.31. The molecule has 0 saturated heterocycles. The first-order valence-electron chi connectivity index (χ1n) is 5.08. The molecular formula is C10H14BrN3O. The van der Waals surface area contributed by atoms with E-state index in [-0.39, 0.29) is 5.56 Å². The highest BCUT2D eigenvalue weighted by atomic mass is 79.9. The molecule has 0 amide bonds. The Morgan fingerprint density at radius 1 is 1.67 bits per heavy atom. The number of nitrogens with zero attached hydrogens (tertiary/aromatic N) is 1. The first-order valence-corrected chi connectivity index (χ1v) is 5.87. The van der Waals surface area contributed by atoms with Crippen LogP contribution in [0.4, 0.5) is 5.82 Å². The maximum absolute atomic E-state index is 11.3. The van der Waals surface area contributed by atoms with Crippen LogP contribution in [0.25, 0.3) is 0 Å². The quantitative estimate of drug-likeness (QED) is 0.886. The fourth-order valence-electron chi connectivity index (χ4n) is 1.76. The average molecular weight is 272 g/mol. The number of anilines is 1. The van der Waals surface area contributed by atoms with Crippen LogP contribution in [0.2, 0.25) is 0 Å². The summed E-state index contributed by atoms with van der Waals surface area (Å²) < 4.78 is 0.480. The smallest absolute Gasteiger partial charge is 0.267 e. The van der Waals surface area contributed by atoms with Gasteiger partial charge in [-0.25, -0.2) is 4.98 Å². The van der Waals surface area contributed by atoms with E-state index in [1.54, 1.807) is 0 Å². The van der Waals surface area contributed by atoms with Gasteiger partial charge in [-0.15, -0.1) is 0 Å². The van der Waals surface area contributed by atoms with Gasteiger partial charge in [0.05, 0.1) is 6.33 Å². The van der Waals surface area contributed by atoms with E-state index >= 15 is 0 Å². The van der Waals surface area contributed by atoms with Gasteiger partial charge in [0, 0.05) is 6.54 Å². The number of H-pyrrole nitrogens is 1. The topological polar surface area (TPSA) is 57.8 Å². The summed E-state index contributed by atoms with van der Waals surface area (Å²) in [7, 11) is 0. The molecule has 1 saturated carbocycles. The van der Waals surface area contributed by atoms with Gasteiger partial charge in [-0.05, 0) is 34.2 Å². The van der Waals surface area contributed by atoms with Crippen molar-refractivity contribution in [2.75, 3.05) is 11.9 Å². The van der Waals surface area contributed by atoms with Crippen LogP contribution in [0.1, 0.15) is 26.2 Å². The van der Waals surface area contributed by atoms with Crippen molar-refractivity contribution in [3.05, 3.63) is 21.2 Å². The summed E-state index contributed by atoms with van der Waals surface area (Å²) in [5.74, 6) is 0.631. The lowest BCUT2D eigenvalue weighted by atomic mass is 9.70. The van der Waals surface area contributed by atoms with Gasteiger partial charge in [0.15, 0.2) is 0 Å². The highest BCUT2D eigenvalue weighted by Crippen LogP contribution is 2.40. The monoisotopic (exact) mass is 271 g/mol. The van der Waals surface area contributed by atoms with Gasteiger partial charge in [-0.1, -0.05) is 13.3 Å². The molecule has 82 valence electrons. The zero-order valence-electron chi connectivity index (χ0n) is 8.64. The first-order chi connectivity index (χ1) is 7.11. The van der Waals surface area contributed by atoms with Crippen LogP contribution in [0, 0.1) is 5.41 Å². The van der Waals surface area contributed by atoms with Crippen LogP contribution < -0.4 is 10.9 Å². The van der Waals surface area contributed by atoms with Crippen LogP contribution in [-0.2, 0) is 0 Å². The number of hydrogen-bond acceptors (Lipinski definition) is 3. The SMILES string of the molecule is CC1(CNc2nc[nH]c(=O)c2Br)CCC1. The number of aromatic amines is 1. The Balaban J connectivity index is 2.05. The molecule has 0 bridgehead atoms. The van der Waals surface area contributed by atoms with E-state index in [0.717, 1.165) is 6.54 Å². The molecular weight excluding hydrogens is 258 g/mol. The molecule has 1 heterocycles. The number of halogens is 1. The van der Waals surface area contributed by atoms with Crippen LogP contribution in [0.5, 0.6) is 0 Å². The van der Waals surface area contributed by atoms with Crippen molar-refractivity contribution >= 4 is 21.7 Å². The molecule has 1 aromatic rings. The van der Waals surface area contributed by atoms with E-state index in [1.165, 1.54) is 25.6 Å². The van der Waals surface area contributed by atoms with E-state index in [9.17, 15) is 4.79 Å². The van der Waals surface area contributed by atoms with Crippen LogP contribution in [-0.4, -0.2) is 16.5 Å². The van der Waals surface area contributed by atoms with E-state index in [1.807, 2.05) is 0 Å². The minimum atomic E-state index is -0.147. The zero-order chi connectivity index (χ0) is 10.9. The summed E-state index contributed by atoms with van der Waals surface area (Å²) in [5.41, 5.74) is 0.232. The molecule has 0 radical (unpaired) electrons. The minimum absolute atomic E-state index is 0.147. The largest absolute Gasteiger partial charge is 0.368 e. The molecule has 1 fully saturated rings. The van der Waals surface area contributed by atoms with Gasteiger partial charge in [0.2, 0.25) is 0 Å². The Labute approximate surface area is 96.6 Å². The third-order valence-corrected chi connectivity index (χ3v) is 3.78. The van der Waals surface area contributed by atoms with Gasteiger partial charge >= 0.3 is 0 Å². The summed E-state index contributed by atoms with van der Waals surface area (Å²) >= 11 is 3.22. The van der Waals surface area contributed by atoms with Gasteiger partial charge in [-0.3, -0.25) is 4.79 Å². The maximum Gasteiger partial charge on any atom is 0.267 e.